The molecule has 1 saturated carbocycles. The van der Waals surface area contributed by atoms with E-state index < -0.39 is 5.82 Å². The monoisotopic (exact) mass is 303 g/mol. The highest BCUT2D eigenvalue weighted by molar-refractivity contribution is 5.76. The summed E-state index contributed by atoms with van der Waals surface area (Å²) >= 11 is 0. The number of benzene rings is 1. The number of para-hydroxylation sites is 1. The van der Waals surface area contributed by atoms with Crippen LogP contribution in [0.1, 0.15) is 38.5 Å². The van der Waals surface area contributed by atoms with Crippen LogP contribution >= 0.6 is 0 Å². The summed E-state index contributed by atoms with van der Waals surface area (Å²) in [6.07, 6.45) is 6.70. The van der Waals surface area contributed by atoms with E-state index in [4.69, 9.17) is 4.74 Å². The maximum absolute atomic E-state index is 13.3. The molecule has 118 valence electrons. The van der Waals surface area contributed by atoms with E-state index >= 15 is 0 Å². The zero-order valence-electron chi connectivity index (χ0n) is 12.7. The van der Waals surface area contributed by atoms with Gasteiger partial charge in [-0.2, -0.15) is 0 Å². The number of halogens is 1. The average molecular weight is 303 g/mol. The summed E-state index contributed by atoms with van der Waals surface area (Å²) in [7, 11) is 0. The highest BCUT2D eigenvalue weighted by Gasteiger charge is 2.15. The molecule has 1 aromatic carbocycles. The van der Waals surface area contributed by atoms with Gasteiger partial charge in [-0.3, -0.25) is 4.79 Å². The maximum atomic E-state index is 13.3. The van der Waals surface area contributed by atoms with Gasteiger partial charge in [0.25, 0.3) is 0 Å². The highest BCUT2D eigenvalue weighted by Crippen LogP contribution is 2.28. The first-order chi connectivity index (χ1) is 10.8. The summed E-state index contributed by atoms with van der Waals surface area (Å²) in [6, 6.07) is 6.21. The van der Waals surface area contributed by atoms with Crippen molar-refractivity contribution in [1.29, 1.82) is 0 Å². The third-order valence-corrected chi connectivity index (χ3v) is 3.89. The lowest BCUT2D eigenvalue weighted by Crippen LogP contribution is -2.23. The third kappa shape index (κ3) is 5.77. The number of carbonyl (C=O) groups is 1. The van der Waals surface area contributed by atoms with Gasteiger partial charge in [-0.25, -0.2) is 4.39 Å². The minimum absolute atomic E-state index is 0.0521. The number of nitrogens with one attached hydrogen (secondary N) is 1. The molecule has 0 bridgehead atoms. The van der Waals surface area contributed by atoms with Crippen molar-refractivity contribution in [2.45, 2.75) is 38.5 Å². The van der Waals surface area contributed by atoms with Crippen molar-refractivity contribution in [3.63, 3.8) is 0 Å². The van der Waals surface area contributed by atoms with Crippen molar-refractivity contribution in [2.24, 2.45) is 5.92 Å². The topological polar surface area (TPSA) is 38.3 Å². The van der Waals surface area contributed by atoms with Crippen molar-refractivity contribution < 1.29 is 13.9 Å². The first-order valence-corrected chi connectivity index (χ1v) is 7.85. The summed E-state index contributed by atoms with van der Waals surface area (Å²) in [5.74, 6) is 6.14. The zero-order chi connectivity index (χ0) is 15.6. The molecule has 0 aromatic heterocycles. The van der Waals surface area contributed by atoms with Gasteiger partial charge in [0, 0.05) is 6.42 Å². The lowest BCUT2D eigenvalue weighted by Gasteiger charge is -2.07. The Hall–Kier alpha value is -2.02. The Morgan fingerprint density at radius 3 is 2.82 bits per heavy atom. The molecule has 22 heavy (non-hydrogen) atoms. The normalized spacial score (nSPS) is 14.2. The van der Waals surface area contributed by atoms with E-state index in [1.807, 2.05) is 0 Å². The van der Waals surface area contributed by atoms with Crippen LogP contribution in [0.2, 0.25) is 0 Å². The molecule has 1 aliphatic carbocycles. The van der Waals surface area contributed by atoms with Gasteiger partial charge in [-0.15, -0.1) is 0 Å². The zero-order valence-corrected chi connectivity index (χ0v) is 12.7. The molecule has 0 heterocycles. The van der Waals surface area contributed by atoms with Crippen molar-refractivity contribution in [3.05, 3.63) is 30.1 Å². The third-order valence-electron chi connectivity index (χ3n) is 3.89. The summed E-state index contributed by atoms with van der Waals surface area (Å²) in [5.41, 5.74) is 0. The molecule has 1 amide bonds. The molecule has 3 nitrogen and oxygen atoms in total. The molecule has 0 radical (unpaired) electrons. The van der Waals surface area contributed by atoms with Crippen LogP contribution in [-0.2, 0) is 4.79 Å². The van der Waals surface area contributed by atoms with Crippen LogP contribution in [0, 0.1) is 23.6 Å². The van der Waals surface area contributed by atoms with Crippen LogP contribution in [0.4, 0.5) is 4.39 Å². The minimum atomic E-state index is -0.399. The molecule has 4 heteroatoms. The van der Waals surface area contributed by atoms with Crippen molar-refractivity contribution in [2.75, 3.05) is 13.2 Å². The summed E-state index contributed by atoms with van der Waals surface area (Å²) in [5, 5.41) is 2.77. The Balaban J connectivity index is 1.56. The fourth-order valence-corrected chi connectivity index (χ4v) is 2.65. The number of rotatable bonds is 6. The predicted octanol–water partition coefficient (Wildman–Crippen LogP) is 3.29. The minimum Gasteiger partial charge on any atom is -0.478 e. The molecule has 1 aliphatic rings. The average Bonchev–Trinajstić information content (AvgIpc) is 3.04. The van der Waals surface area contributed by atoms with Gasteiger partial charge in [0.15, 0.2) is 11.6 Å². The molecule has 0 aliphatic heterocycles. The Morgan fingerprint density at radius 1 is 1.27 bits per heavy atom. The first-order valence-electron chi connectivity index (χ1n) is 7.85. The second-order valence-corrected chi connectivity index (χ2v) is 5.54. The predicted molar refractivity (Wildman–Crippen MR) is 83.9 cm³/mol. The van der Waals surface area contributed by atoms with E-state index in [0.29, 0.717) is 13.0 Å². The van der Waals surface area contributed by atoms with Crippen molar-refractivity contribution in [3.8, 4) is 17.6 Å². The maximum Gasteiger partial charge on any atom is 0.220 e. The van der Waals surface area contributed by atoms with Gasteiger partial charge < -0.3 is 10.1 Å². The molecule has 1 fully saturated rings. The van der Waals surface area contributed by atoms with Crippen LogP contribution in [-0.4, -0.2) is 19.1 Å². The molecule has 2 rings (SSSR count). The Kier molecular flexibility index (Phi) is 6.76. The fourth-order valence-electron chi connectivity index (χ4n) is 2.65. The van der Waals surface area contributed by atoms with Gasteiger partial charge in [-0.05, 0) is 24.5 Å². The second-order valence-electron chi connectivity index (χ2n) is 5.54. The Bertz CT molecular complexity index is 542. The van der Waals surface area contributed by atoms with Crippen molar-refractivity contribution in [1.82, 2.24) is 5.32 Å². The van der Waals surface area contributed by atoms with E-state index in [-0.39, 0.29) is 18.3 Å². The SMILES string of the molecule is O=C(CCC1CCCC1)NCC#CCOc1ccccc1F. The van der Waals surface area contributed by atoms with Crippen LogP contribution in [0.25, 0.3) is 0 Å². The molecule has 0 unspecified atom stereocenters. The molecular formula is C18H22FNO2. The smallest absolute Gasteiger partial charge is 0.220 e. The van der Waals surface area contributed by atoms with Crippen LogP contribution in [0.3, 0.4) is 0 Å². The van der Waals surface area contributed by atoms with Crippen molar-refractivity contribution >= 4 is 5.91 Å². The Labute approximate surface area is 131 Å². The number of hydrogen-bond acceptors (Lipinski definition) is 2. The molecule has 0 atom stereocenters. The lowest BCUT2D eigenvalue weighted by molar-refractivity contribution is -0.121. The van der Waals surface area contributed by atoms with Gasteiger partial charge in [0.05, 0.1) is 6.54 Å². The van der Waals surface area contributed by atoms with Gasteiger partial charge in [0.2, 0.25) is 5.91 Å². The number of amides is 1. The summed E-state index contributed by atoms with van der Waals surface area (Å²) in [6.45, 7) is 0.420. The van der Waals surface area contributed by atoms with E-state index in [1.54, 1.807) is 18.2 Å². The quantitative estimate of drug-likeness (QED) is 0.819. The first kappa shape index (κ1) is 16.4. The van der Waals surface area contributed by atoms with E-state index in [1.165, 1.54) is 31.7 Å². The lowest BCUT2D eigenvalue weighted by atomic mass is 10.0. The molecule has 0 spiro atoms. The molecular weight excluding hydrogens is 281 g/mol. The number of carbonyl (C=O) groups excluding carboxylic acids is 1. The fraction of sp³-hybridized carbons (Fsp3) is 0.500. The molecule has 0 saturated heterocycles. The number of hydrogen-bond donors (Lipinski definition) is 1. The van der Waals surface area contributed by atoms with E-state index in [9.17, 15) is 9.18 Å². The summed E-state index contributed by atoms with van der Waals surface area (Å²) in [4.78, 5) is 11.6. The van der Waals surface area contributed by atoms with Crippen LogP contribution in [0.5, 0.6) is 5.75 Å². The van der Waals surface area contributed by atoms with Crippen LogP contribution in [0.15, 0.2) is 24.3 Å². The Morgan fingerprint density at radius 2 is 2.05 bits per heavy atom. The van der Waals surface area contributed by atoms with Gasteiger partial charge in [-0.1, -0.05) is 49.7 Å². The van der Waals surface area contributed by atoms with Gasteiger partial charge in [0.1, 0.15) is 6.61 Å². The standard InChI is InChI=1S/C18H22FNO2/c19-16-9-3-4-10-17(16)22-14-6-5-13-20-18(21)12-11-15-7-1-2-8-15/h3-4,9-10,15H,1-2,7-8,11-14H2,(H,20,21). The highest BCUT2D eigenvalue weighted by atomic mass is 19.1. The summed E-state index contributed by atoms with van der Waals surface area (Å²) < 4.78 is 18.5. The molecule has 1 aromatic rings. The number of ether oxygens (including phenoxy) is 1. The molecule has 1 N–H and O–H groups in total. The van der Waals surface area contributed by atoms with Gasteiger partial charge >= 0.3 is 0 Å². The van der Waals surface area contributed by atoms with E-state index in [2.05, 4.69) is 17.2 Å². The largest absolute Gasteiger partial charge is 0.478 e. The van der Waals surface area contributed by atoms with Crippen LogP contribution < -0.4 is 10.1 Å². The second kappa shape index (κ2) is 9.09. The van der Waals surface area contributed by atoms with E-state index in [0.717, 1.165) is 12.3 Å².